The van der Waals surface area contributed by atoms with Gasteiger partial charge in [-0.05, 0) is 51.1 Å². The van der Waals surface area contributed by atoms with E-state index in [0.29, 0.717) is 5.56 Å². The van der Waals surface area contributed by atoms with E-state index in [0.717, 1.165) is 27.8 Å². The second-order valence-electron chi connectivity index (χ2n) is 6.64. The van der Waals surface area contributed by atoms with Crippen molar-refractivity contribution in [2.75, 3.05) is 0 Å². The SMILES string of the molecule is Cc1ccc2c(c1)[C@@H](NC(=O)c1ccc(Br)cc1)CC(C)(C)O2. The zero-order valence-corrected chi connectivity index (χ0v) is 15.1. The monoisotopic (exact) mass is 373 g/mol. The van der Waals surface area contributed by atoms with Gasteiger partial charge in [0.15, 0.2) is 0 Å². The van der Waals surface area contributed by atoms with Crippen molar-refractivity contribution >= 4 is 21.8 Å². The van der Waals surface area contributed by atoms with Crippen molar-refractivity contribution < 1.29 is 9.53 Å². The van der Waals surface area contributed by atoms with Crippen LogP contribution in [-0.2, 0) is 0 Å². The number of fused-ring (bicyclic) bond motifs is 1. The predicted molar refractivity (Wildman–Crippen MR) is 94.9 cm³/mol. The molecule has 4 heteroatoms. The fourth-order valence-electron chi connectivity index (χ4n) is 2.95. The van der Waals surface area contributed by atoms with Crippen LogP contribution in [0.15, 0.2) is 46.9 Å². The predicted octanol–water partition coefficient (Wildman–Crippen LogP) is 4.79. The number of benzene rings is 2. The molecular formula is C19H20BrNO2. The van der Waals surface area contributed by atoms with E-state index in [1.54, 1.807) is 0 Å². The van der Waals surface area contributed by atoms with Crippen LogP contribution in [0.2, 0.25) is 0 Å². The van der Waals surface area contributed by atoms with Gasteiger partial charge in [0.1, 0.15) is 11.4 Å². The van der Waals surface area contributed by atoms with Gasteiger partial charge in [-0.1, -0.05) is 33.6 Å². The van der Waals surface area contributed by atoms with Crippen molar-refractivity contribution in [3.05, 3.63) is 63.6 Å². The summed E-state index contributed by atoms with van der Waals surface area (Å²) in [6, 6.07) is 13.5. The number of halogens is 1. The van der Waals surface area contributed by atoms with Crippen molar-refractivity contribution in [1.82, 2.24) is 5.32 Å². The lowest BCUT2D eigenvalue weighted by atomic mass is 9.88. The maximum Gasteiger partial charge on any atom is 0.251 e. The molecule has 0 unspecified atom stereocenters. The standard InChI is InChI=1S/C19H20BrNO2/c1-12-4-9-17-15(10-12)16(11-19(2,3)23-17)21-18(22)13-5-7-14(20)8-6-13/h4-10,16H,11H2,1-3H3,(H,21,22)/t16-/m0/s1. The molecule has 1 atom stereocenters. The van der Waals surface area contributed by atoms with E-state index in [1.165, 1.54) is 0 Å². The number of hydrogen-bond acceptors (Lipinski definition) is 2. The molecule has 1 aliphatic heterocycles. The lowest BCUT2D eigenvalue weighted by Crippen LogP contribution is -2.41. The molecule has 1 N–H and O–H groups in total. The molecule has 3 rings (SSSR count). The smallest absolute Gasteiger partial charge is 0.251 e. The maximum atomic E-state index is 12.6. The molecule has 0 aliphatic carbocycles. The molecule has 3 nitrogen and oxygen atoms in total. The zero-order chi connectivity index (χ0) is 16.6. The lowest BCUT2D eigenvalue weighted by molar-refractivity contribution is 0.0619. The Bertz CT molecular complexity index is 738. The molecule has 1 aliphatic rings. The van der Waals surface area contributed by atoms with Crippen LogP contribution in [0.25, 0.3) is 0 Å². The Morgan fingerprint density at radius 2 is 1.91 bits per heavy atom. The van der Waals surface area contributed by atoms with Crippen molar-refractivity contribution in [3.63, 3.8) is 0 Å². The molecule has 0 fully saturated rings. The highest BCUT2D eigenvalue weighted by Crippen LogP contribution is 2.39. The number of ether oxygens (including phenoxy) is 1. The van der Waals surface area contributed by atoms with Gasteiger partial charge in [0, 0.05) is 22.0 Å². The van der Waals surface area contributed by atoms with Gasteiger partial charge < -0.3 is 10.1 Å². The average Bonchev–Trinajstić information content (AvgIpc) is 2.48. The van der Waals surface area contributed by atoms with Gasteiger partial charge in [-0.15, -0.1) is 0 Å². The highest BCUT2D eigenvalue weighted by Gasteiger charge is 2.34. The first-order chi connectivity index (χ1) is 10.8. The summed E-state index contributed by atoms with van der Waals surface area (Å²) in [5.74, 6) is 0.792. The van der Waals surface area contributed by atoms with Crippen LogP contribution in [0.3, 0.4) is 0 Å². The summed E-state index contributed by atoms with van der Waals surface area (Å²) >= 11 is 3.39. The van der Waals surface area contributed by atoms with Gasteiger partial charge in [-0.25, -0.2) is 0 Å². The Morgan fingerprint density at radius 1 is 1.22 bits per heavy atom. The summed E-state index contributed by atoms with van der Waals surface area (Å²) in [6.07, 6.45) is 0.742. The van der Waals surface area contributed by atoms with Crippen LogP contribution in [0, 0.1) is 6.92 Å². The quantitative estimate of drug-likeness (QED) is 0.821. The van der Waals surface area contributed by atoms with E-state index in [2.05, 4.69) is 41.2 Å². The van der Waals surface area contributed by atoms with Gasteiger partial charge in [0.25, 0.3) is 5.91 Å². The van der Waals surface area contributed by atoms with Gasteiger partial charge >= 0.3 is 0 Å². The molecule has 2 aromatic carbocycles. The number of carbonyl (C=O) groups is 1. The second-order valence-corrected chi connectivity index (χ2v) is 7.56. The van der Waals surface area contributed by atoms with Crippen molar-refractivity contribution in [1.29, 1.82) is 0 Å². The molecule has 1 amide bonds. The molecule has 120 valence electrons. The minimum atomic E-state index is -0.306. The highest BCUT2D eigenvalue weighted by molar-refractivity contribution is 9.10. The van der Waals surface area contributed by atoms with Crippen LogP contribution < -0.4 is 10.1 Å². The number of carbonyl (C=O) groups excluding carboxylic acids is 1. The Hall–Kier alpha value is -1.81. The highest BCUT2D eigenvalue weighted by atomic mass is 79.9. The largest absolute Gasteiger partial charge is 0.487 e. The van der Waals surface area contributed by atoms with Crippen molar-refractivity contribution in [3.8, 4) is 5.75 Å². The third kappa shape index (κ3) is 3.58. The molecular weight excluding hydrogens is 354 g/mol. The average molecular weight is 374 g/mol. The third-order valence-corrected chi connectivity index (χ3v) is 4.56. The molecule has 23 heavy (non-hydrogen) atoms. The Morgan fingerprint density at radius 3 is 2.61 bits per heavy atom. The molecule has 0 saturated carbocycles. The van der Waals surface area contributed by atoms with Gasteiger partial charge in [0.2, 0.25) is 0 Å². The first-order valence-electron chi connectivity index (χ1n) is 7.70. The Labute approximate surface area is 145 Å². The summed E-state index contributed by atoms with van der Waals surface area (Å²) in [7, 11) is 0. The molecule has 0 saturated heterocycles. The maximum absolute atomic E-state index is 12.6. The van der Waals surface area contributed by atoms with E-state index in [-0.39, 0.29) is 17.6 Å². The van der Waals surface area contributed by atoms with Gasteiger partial charge in [0.05, 0.1) is 6.04 Å². The normalized spacial score (nSPS) is 18.7. The molecule has 0 radical (unpaired) electrons. The number of nitrogens with one attached hydrogen (secondary N) is 1. The number of aryl methyl sites for hydroxylation is 1. The fraction of sp³-hybridized carbons (Fsp3) is 0.316. The Balaban J connectivity index is 1.88. The molecule has 2 aromatic rings. The zero-order valence-electron chi connectivity index (χ0n) is 13.5. The molecule has 0 aromatic heterocycles. The third-order valence-electron chi connectivity index (χ3n) is 4.03. The number of amides is 1. The van der Waals surface area contributed by atoms with Crippen LogP contribution >= 0.6 is 15.9 Å². The van der Waals surface area contributed by atoms with Crippen LogP contribution in [0.4, 0.5) is 0 Å². The number of rotatable bonds is 2. The van der Waals surface area contributed by atoms with Gasteiger partial charge in [-0.2, -0.15) is 0 Å². The second kappa shape index (κ2) is 6.00. The van der Waals surface area contributed by atoms with E-state index in [9.17, 15) is 4.79 Å². The van der Waals surface area contributed by atoms with Crippen LogP contribution in [0.1, 0.15) is 47.8 Å². The summed E-state index contributed by atoms with van der Waals surface area (Å²) in [5, 5.41) is 3.16. The Kier molecular flexibility index (Phi) is 4.19. The van der Waals surface area contributed by atoms with E-state index in [4.69, 9.17) is 4.74 Å². The van der Waals surface area contributed by atoms with E-state index in [1.807, 2.05) is 43.3 Å². The van der Waals surface area contributed by atoms with E-state index >= 15 is 0 Å². The lowest BCUT2D eigenvalue weighted by Gasteiger charge is -2.38. The fourth-order valence-corrected chi connectivity index (χ4v) is 3.21. The summed E-state index contributed by atoms with van der Waals surface area (Å²) in [5.41, 5.74) is 2.57. The first kappa shape index (κ1) is 16.1. The molecule has 1 heterocycles. The topological polar surface area (TPSA) is 38.3 Å². The van der Waals surface area contributed by atoms with Crippen molar-refractivity contribution in [2.45, 2.75) is 38.8 Å². The van der Waals surface area contributed by atoms with Crippen molar-refractivity contribution in [2.24, 2.45) is 0 Å². The minimum absolute atomic E-state index is 0.0511. The van der Waals surface area contributed by atoms with E-state index < -0.39 is 0 Å². The van der Waals surface area contributed by atoms with Crippen LogP contribution in [-0.4, -0.2) is 11.5 Å². The summed E-state index contributed by atoms with van der Waals surface area (Å²) in [4.78, 5) is 12.6. The minimum Gasteiger partial charge on any atom is -0.487 e. The molecule has 0 spiro atoms. The summed E-state index contributed by atoms with van der Waals surface area (Å²) in [6.45, 7) is 6.15. The number of hydrogen-bond donors (Lipinski definition) is 1. The first-order valence-corrected chi connectivity index (χ1v) is 8.49. The summed E-state index contributed by atoms with van der Waals surface area (Å²) < 4.78 is 7.01. The molecule has 0 bridgehead atoms. The van der Waals surface area contributed by atoms with Crippen LogP contribution in [0.5, 0.6) is 5.75 Å². The van der Waals surface area contributed by atoms with Gasteiger partial charge in [-0.3, -0.25) is 4.79 Å².